The quantitative estimate of drug-likeness (QED) is 0.469. The van der Waals surface area contributed by atoms with E-state index in [4.69, 9.17) is 13.3 Å². The first kappa shape index (κ1) is 22.7. The van der Waals surface area contributed by atoms with Crippen molar-refractivity contribution in [2.45, 2.75) is 44.8 Å². The van der Waals surface area contributed by atoms with Crippen LogP contribution < -0.4 is 4.74 Å². The van der Waals surface area contributed by atoms with Gasteiger partial charge in [-0.25, -0.2) is 4.98 Å². The minimum Gasteiger partial charge on any atom is -0.481 e. The summed E-state index contributed by atoms with van der Waals surface area (Å²) in [6.45, 7) is 11.1. The largest absolute Gasteiger partial charge is 0.481 e. The summed E-state index contributed by atoms with van der Waals surface area (Å²) in [6.07, 6.45) is 2.73. The molecule has 0 spiro atoms. The molecule has 9 heteroatoms. The van der Waals surface area contributed by atoms with Gasteiger partial charge in [-0.1, -0.05) is 20.8 Å². The second kappa shape index (κ2) is 8.44. The molecule has 0 N–H and O–H groups in total. The highest BCUT2D eigenvalue weighted by Crippen LogP contribution is 2.37. The number of aromatic nitrogens is 2. The topological polar surface area (TPSA) is 87.6 Å². The summed E-state index contributed by atoms with van der Waals surface area (Å²) in [4.78, 5) is 8.87. The molecule has 2 rings (SSSR count). The molecule has 0 aliphatic rings. The number of rotatable bonds is 8. The fourth-order valence-corrected chi connectivity index (χ4v) is 3.89. The first-order chi connectivity index (χ1) is 12.8. The molecule has 0 radical (unpaired) electrons. The number of fused-ring (bicyclic) bond motifs is 1. The Morgan fingerprint density at radius 2 is 1.82 bits per heavy atom. The molecule has 7 nitrogen and oxygen atoms in total. The van der Waals surface area contributed by atoms with Gasteiger partial charge in [-0.2, -0.15) is 8.42 Å². The molecule has 1 atom stereocenters. The van der Waals surface area contributed by atoms with Crippen molar-refractivity contribution in [3.05, 3.63) is 30.0 Å². The molecule has 0 aliphatic heterocycles. The number of pyridine rings is 2. The van der Waals surface area contributed by atoms with Gasteiger partial charge in [0.1, 0.15) is 0 Å². The smallest absolute Gasteiger partial charge is 0.264 e. The Kier molecular flexibility index (Phi) is 6.85. The summed E-state index contributed by atoms with van der Waals surface area (Å²) in [6, 6.07) is 5.40. The van der Waals surface area contributed by atoms with Crippen LogP contribution in [0.25, 0.3) is 11.0 Å². The van der Waals surface area contributed by atoms with E-state index in [9.17, 15) is 8.42 Å². The van der Waals surface area contributed by atoms with Gasteiger partial charge in [-0.15, -0.1) is 0 Å². The lowest BCUT2D eigenvalue weighted by atomic mass is 10.0. The number of hydrogen-bond acceptors (Lipinski definition) is 7. The van der Waals surface area contributed by atoms with Crippen molar-refractivity contribution in [1.29, 1.82) is 0 Å². The molecule has 2 aromatic rings. The summed E-state index contributed by atoms with van der Waals surface area (Å²) >= 11 is 0. The normalized spacial score (nSPS) is 14.2. The van der Waals surface area contributed by atoms with E-state index >= 15 is 0 Å². The lowest BCUT2D eigenvalue weighted by Gasteiger charge is -2.37. The summed E-state index contributed by atoms with van der Waals surface area (Å²) in [5, 5.41) is 0.0387. The minimum atomic E-state index is -3.58. The second-order valence-corrected chi connectivity index (χ2v) is 14.8. The van der Waals surface area contributed by atoms with Crippen LogP contribution in [0.1, 0.15) is 32.3 Å². The van der Waals surface area contributed by atoms with Crippen LogP contribution in [0.4, 0.5) is 0 Å². The Hall–Kier alpha value is -1.55. The van der Waals surface area contributed by atoms with E-state index < -0.39 is 18.4 Å². The fraction of sp³-hybridized carbons (Fsp3) is 0.579. The van der Waals surface area contributed by atoms with Crippen molar-refractivity contribution in [2.75, 3.05) is 26.6 Å². The molecule has 0 aromatic carbocycles. The number of methoxy groups -OCH3 is 1. The molecule has 0 bridgehead atoms. The molecular weight excluding hydrogens is 396 g/mol. The Labute approximate surface area is 168 Å². The molecule has 0 fully saturated rings. The average molecular weight is 427 g/mol. The van der Waals surface area contributed by atoms with E-state index in [-0.39, 0.29) is 17.6 Å². The van der Waals surface area contributed by atoms with Crippen molar-refractivity contribution < 1.29 is 21.8 Å². The van der Waals surface area contributed by atoms with Crippen LogP contribution >= 0.6 is 0 Å². The number of nitrogens with zero attached hydrogens (tertiary/aromatic N) is 2. The van der Waals surface area contributed by atoms with Crippen molar-refractivity contribution in [3.63, 3.8) is 0 Å². The summed E-state index contributed by atoms with van der Waals surface area (Å²) < 4.78 is 39.9. The van der Waals surface area contributed by atoms with E-state index in [1.165, 1.54) is 0 Å². The molecule has 2 aromatic heterocycles. The van der Waals surface area contributed by atoms with Gasteiger partial charge < -0.3 is 9.16 Å². The third-order valence-corrected chi connectivity index (χ3v) is 10.2. The number of hydrogen-bond donors (Lipinski definition) is 0. The lowest BCUT2D eigenvalue weighted by molar-refractivity contribution is 0.211. The molecule has 2 heterocycles. The first-order valence-corrected chi connectivity index (χ1v) is 13.8. The van der Waals surface area contributed by atoms with Crippen molar-refractivity contribution in [2.24, 2.45) is 0 Å². The van der Waals surface area contributed by atoms with Gasteiger partial charge in [-0.3, -0.25) is 9.17 Å². The molecular formula is C19H30N2O5SSi. The monoisotopic (exact) mass is 426 g/mol. The van der Waals surface area contributed by atoms with Crippen molar-refractivity contribution in [3.8, 4) is 5.88 Å². The van der Waals surface area contributed by atoms with E-state index in [0.29, 0.717) is 23.5 Å². The van der Waals surface area contributed by atoms with E-state index in [1.54, 1.807) is 19.4 Å². The zero-order valence-corrected chi connectivity index (χ0v) is 19.5. The van der Waals surface area contributed by atoms with E-state index in [1.807, 2.05) is 12.1 Å². The van der Waals surface area contributed by atoms with E-state index in [0.717, 1.165) is 11.8 Å². The van der Waals surface area contributed by atoms with Gasteiger partial charge >= 0.3 is 0 Å². The lowest BCUT2D eigenvalue weighted by Crippen LogP contribution is -2.42. The van der Waals surface area contributed by atoms with Gasteiger partial charge in [-0.05, 0) is 35.8 Å². The molecule has 0 saturated heterocycles. The highest BCUT2D eigenvalue weighted by atomic mass is 32.2. The van der Waals surface area contributed by atoms with Crippen LogP contribution in [0.3, 0.4) is 0 Å². The summed E-state index contributed by atoms with van der Waals surface area (Å²) in [7, 11) is -4.06. The first-order valence-electron chi connectivity index (χ1n) is 9.12. The van der Waals surface area contributed by atoms with Crippen molar-refractivity contribution >= 4 is 29.5 Å². The maximum Gasteiger partial charge on any atom is 0.264 e. The molecule has 0 amide bonds. The number of ether oxygens (including phenoxy) is 1. The zero-order valence-electron chi connectivity index (χ0n) is 17.6. The van der Waals surface area contributed by atoms with Gasteiger partial charge in [0.2, 0.25) is 5.88 Å². The summed E-state index contributed by atoms with van der Waals surface area (Å²) in [5.74, 6) is 0.156. The second-order valence-electron chi connectivity index (χ2n) is 8.38. The minimum absolute atomic E-state index is 0.0224. The SMILES string of the molecule is COc1ccc2nccc(C(CO[Si](C)(C)C(C)(C)C)COS(C)(=O)=O)c2n1. The third kappa shape index (κ3) is 5.73. The van der Waals surface area contributed by atoms with Crippen LogP contribution in [0.5, 0.6) is 5.88 Å². The van der Waals surface area contributed by atoms with Crippen LogP contribution in [0.15, 0.2) is 24.4 Å². The van der Waals surface area contributed by atoms with Gasteiger partial charge in [0.05, 0.1) is 31.0 Å². The Morgan fingerprint density at radius 3 is 2.39 bits per heavy atom. The molecule has 1 unspecified atom stereocenters. The highest BCUT2D eigenvalue weighted by Gasteiger charge is 2.38. The Morgan fingerprint density at radius 1 is 1.14 bits per heavy atom. The Bertz CT molecular complexity index is 926. The predicted octanol–water partition coefficient (Wildman–Crippen LogP) is 3.72. The summed E-state index contributed by atoms with van der Waals surface area (Å²) in [5.41, 5.74) is 2.18. The highest BCUT2D eigenvalue weighted by molar-refractivity contribution is 7.85. The zero-order chi connectivity index (χ0) is 21.2. The maximum absolute atomic E-state index is 11.6. The van der Waals surface area contributed by atoms with Gasteiger partial charge in [0, 0.05) is 24.8 Å². The molecule has 156 valence electrons. The molecule has 28 heavy (non-hydrogen) atoms. The average Bonchev–Trinajstić information content (AvgIpc) is 2.59. The van der Waals surface area contributed by atoms with Crippen LogP contribution in [-0.4, -0.2) is 53.3 Å². The van der Waals surface area contributed by atoms with Crippen LogP contribution in [0.2, 0.25) is 18.1 Å². The Balaban J connectivity index is 2.42. The van der Waals surface area contributed by atoms with Crippen LogP contribution in [0, 0.1) is 0 Å². The van der Waals surface area contributed by atoms with Gasteiger partial charge in [0.15, 0.2) is 8.32 Å². The molecule has 0 saturated carbocycles. The van der Waals surface area contributed by atoms with Crippen molar-refractivity contribution in [1.82, 2.24) is 9.97 Å². The fourth-order valence-electron chi connectivity index (χ4n) is 2.43. The molecule has 0 aliphatic carbocycles. The maximum atomic E-state index is 11.6. The predicted molar refractivity (Wildman–Crippen MR) is 113 cm³/mol. The standard InChI is InChI=1S/C19H30N2O5SSi/c1-19(2,3)28(6,7)26-13-14(12-25-27(5,22)23)15-10-11-20-16-8-9-17(24-4)21-18(15)16/h8-11,14H,12-13H2,1-7H3. The van der Waals surface area contributed by atoms with E-state index in [2.05, 4.69) is 43.8 Å². The van der Waals surface area contributed by atoms with Gasteiger partial charge in [0.25, 0.3) is 10.1 Å². The third-order valence-electron chi connectivity index (χ3n) is 5.17. The van der Waals surface area contributed by atoms with Crippen LogP contribution in [-0.2, 0) is 18.7 Å².